The van der Waals surface area contributed by atoms with Crippen molar-refractivity contribution < 1.29 is 4.79 Å². The van der Waals surface area contributed by atoms with E-state index in [4.69, 9.17) is 4.98 Å². The second kappa shape index (κ2) is 10.3. The minimum Gasteiger partial charge on any atom is -0.335 e. The lowest BCUT2D eigenvalue weighted by molar-refractivity contribution is -0.117. The van der Waals surface area contributed by atoms with Crippen molar-refractivity contribution in [2.75, 3.05) is 18.4 Å². The molecular formula is C30H27N9O. The number of aromatic nitrogens is 7. The Morgan fingerprint density at radius 1 is 0.925 bits per heavy atom. The molecule has 40 heavy (non-hydrogen) atoms. The molecule has 0 radical (unpaired) electrons. The Balaban J connectivity index is 1.19. The van der Waals surface area contributed by atoms with Crippen molar-refractivity contribution in [3.63, 3.8) is 0 Å². The maximum Gasteiger partial charge on any atom is 0.224 e. The molecular weight excluding hydrogens is 502 g/mol. The SMILES string of the molecule is O=C(CC1CCNCC1)Nc1cncc(-c2ccc3[nH]nc(-c4nc5nccc(-c6ccncc6)c5[nH]4)c3c2)c1. The summed E-state index contributed by atoms with van der Waals surface area (Å²) in [5, 5.41) is 15.0. The number of benzene rings is 1. The van der Waals surface area contributed by atoms with Crippen molar-refractivity contribution in [2.24, 2.45) is 5.92 Å². The first kappa shape index (κ1) is 24.1. The molecule has 0 unspecified atom stereocenters. The van der Waals surface area contributed by atoms with E-state index in [1.54, 1.807) is 31.0 Å². The van der Waals surface area contributed by atoms with Gasteiger partial charge in [0.25, 0.3) is 0 Å². The molecule has 0 saturated carbocycles. The van der Waals surface area contributed by atoms with Crippen LogP contribution in [0.5, 0.6) is 0 Å². The minimum absolute atomic E-state index is 0.0306. The standard InChI is InChI=1S/C30H27N9O/c40-26(13-18-3-8-31-9-4-18)35-22-14-21(16-33-17-22)20-1-2-25-24(15-20)28(39-38-25)30-36-27-23(7-12-34-29(27)37-30)19-5-10-32-11-6-19/h1-2,5-7,10-12,14-18,31H,3-4,8-9,13H2,(H,35,40)(H,38,39)(H,34,36,37). The number of hydrogen-bond acceptors (Lipinski definition) is 7. The molecule has 0 aliphatic carbocycles. The molecule has 5 aromatic heterocycles. The van der Waals surface area contributed by atoms with Crippen molar-refractivity contribution in [3.8, 4) is 33.8 Å². The van der Waals surface area contributed by atoms with E-state index >= 15 is 0 Å². The van der Waals surface area contributed by atoms with Crippen LogP contribution in [0.15, 0.2) is 73.4 Å². The molecule has 10 nitrogen and oxygen atoms in total. The zero-order valence-corrected chi connectivity index (χ0v) is 21.7. The average molecular weight is 530 g/mol. The van der Waals surface area contributed by atoms with E-state index in [0.29, 0.717) is 35.2 Å². The van der Waals surface area contributed by atoms with Crippen LogP contribution in [0.3, 0.4) is 0 Å². The molecule has 6 aromatic rings. The zero-order valence-electron chi connectivity index (χ0n) is 21.7. The number of hydrogen-bond donors (Lipinski definition) is 4. The lowest BCUT2D eigenvalue weighted by Crippen LogP contribution is -2.30. The summed E-state index contributed by atoms with van der Waals surface area (Å²) in [6.07, 6.45) is 11.4. The molecule has 0 spiro atoms. The van der Waals surface area contributed by atoms with Gasteiger partial charge in [0.1, 0.15) is 5.69 Å². The van der Waals surface area contributed by atoms with E-state index in [9.17, 15) is 4.79 Å². The maximum absolute atomic E-state index is 12.7. The summed E-state index contributed by atoms with van der Waals surface area (Å²) >= 11 is 0. The molecule has 7 rings (SSSR count). The summed E-state index contributed by atoms with van der Waals surface area (Å²) in [5.41, 5.74) is 7.64. The molecule has 0 atom stereocenters. The Morgan fingerprint density at radius 3 is 2.67 bits per heavy atom. The van der Waals surface area contributed by atoms with E-state index in [1.165, 1.54) is 0 Å². The molecule has 10 heteroatoms. The second-order valence-corrected chi connectivity index (χ2v) is 10.1. The van der Waals surface area contributed by atoms with Crippen LogP contribution in [0, 0.1) is 5.92 Å². The quantitative estimate of drug-likeness (QED) is 0.239. The summed E-state index contributed by atoms with van der Waals surface area (Å²) < 4.78 is 0. The summed E-state index contributed by atoms with van der Waals surface area (Å²) in [4.78, 5) is 33.9. The first-order valence-electron chi connectivity index (χ1n) is 13.4. The molecule has 0 bridgehead atoms. The predicted octanol–water partition coefficient (Wildman–Crippen LogP) is 4.95. The number of aromatic amines is 2. The molecule has 1 aliphatic rings. The number of carbonyl (C=O) groups excluding carboxylic acids is 1. The van der Waals surface area contributed by atoms with Gasteiger partial charge >= 0.3 is 0 Å². The van der Waals surface area contributed by atoms with Gasteiger partial charge in [-0.3, -0.25) is 19.9 Å². The van der Waals surface area contributed by atoms with Gasteiger partial charge in [-0.25, -0.2) is 9.97 Å². The molecule has 1 saturated heterocycles. The number of pyridine rings is 3. The van der Waals surface area contributed by atoms with Crippen LogP contribution in [-0.4, -0.2) is 54.1 Å². The molecule has 6 heterocycles. The lowest BCUT2D eigenvalue weighted by atomic mass is 9.94. The van der Waals surface area contributed by atoms with E-state index in [0.717, 1.165) is 64.6 Å². The molecule has 198 valence electrons. The van der Waals surface area contributed by atoms with Gasteiger partial charge in [-0.15, -0.1) is 0 Å². The third kappa shape index (κ3) is 4.69. The topological polar surface area (TPSA) is 137 Å². The number of nitrogens with zero attached hydrogens (tertiary/aromatic N) is 5. The van der Waals surface area contributed by atoms with Crippen molar-refractivity contribution >= 4 is 33.7 Å². The van der Waals surface area contributed by atoms with Gasteiger partial charge in [0.15, 0.2) is 11.5 Å². The normalized spacial score (nSPS) is 14.1. The van der Waals surface area contributed by atoms with Crippen LogP contribution in [0.25, 0.3) is 55.8 Å². The summed E-state index contributed by atoms with van der Waals surface area (Å²) in [6, 6.07) is 13.9. The van der Waals surface area contributed by atoms with Crippen LogP contribution >= 0.6 is 0 Å². The van der Waals surface area contributed by atoms with Gasteiger partial charge in [-0.05, 0) is 79.4 Å². The number of rotatable bonds is 6. The lowest BCUT2D eigenvalue weighted by Gasteiger charge is -2.21. The monoisotopic (exact) mass is 529 g/mol. The number of amides is 1. The largest absolute Gasteiger partial charge is 0.335 e. The van der Waals surface area contributed by atoms with Gasteiger partial charge < -0.3 is 15.6 Å². The summed E-state index contributed by atoms with van der Waals surface area (Å²) in [6.45, 7) is 1.95. The van der Waals surface area contributed by atoms with E-state index in [1.807, 2.05) is 36.4 Å². The van der Waals surface area contributed by atoms with Gasteiger partial charge in [0.2, 0.25) is 5.91 Å². The molecule has 1 fully saturated rings. The highest BCUT2D eigenvalue weighted by atomic mass is 16.1. The Kier molecular flexibility index (Phi) is 6.21. The van der Waals surface area contributed by atoms with E-state index < -0.39 is 0 Å². The minimum atomic E-state index is 0.0306. The van der Waals surface area contributed by atoms with Crippen LogP contribution in [0.4, 0.5) is 5.69 Å². The van der Waals surface area contributed by atoms with Crippen molar-refractivity contribution in [1.82, 2.24) is 40.4 Å². The molecule has 4 N–H and O–H groups in total. The molecule has 1 aromatic carbocycles. The number of imidazole rings is 1. The van der Waals surface area contributed by atoms with Crippen LogP contribution in [0.1, 0.15) is 19.3 Å². The Bertz CT molecular complexity index is 1820. The molecule has 1 amide bonds. The highest BCUT2D eigenvalue weighted by Gasteiger charge is 2.18. The Hall–Kier alpha value is -4.96. The number of nitrogens with one attached hydrogen (secondary N) is 4. The first-order valence-corrected chi connectivity index (χ1v) is 13.4. The molecule has 1 aliphatic heterocycles. The number of H-pyrrole nitrogens is 2. The van der Waals surface area contributed by atoms with Crippen molar-refractivity contribution in [2.45, 2.75) is 19.3 Å². The fraction of sp³-hybridized carbons (Fsp3) is 0.200. The number of piperidine rings is 1. The van der Waals surface area contributed by atoms with Gasteiger partial charge in [-0.1, -0.05) is 6.07 Å². The predicted molar refractivity (Wildman–Crippen MR) is 154 cm³/mol. The third-order valence-electron chi connectivity index (χ3n) is 7.46. The first-order chi connectivity index (χ1) is 19.7. The summed E-state index contributed by atoms with van der Waals surface area (Å²) in [7, 11) is 0. The Morgan fingerprint density at radius 2 is 1.80 bits per heavy atom. The van der Waals surface area contributed by atoms with Crippen LogP contribution in [-0.2, 0) is 4.79 Å². The number of fused-ring (bicyclic) bond motifs is 2. The fourth-order valence-corrected chi connectivity index (χ4v) is 5.40. The highest BCUT2D eigenvalue weighted by Crippen LogP contribution is 2.33. The Labute approximate surface area is 229 Å². The van der Waals surface area contributed by atoms with Gasteiger partial charge in [0.05, 0.1) is 22.9 Å². The van der Waals surface area contributed by atoms with Crippen molar-refractivity contribution in [3.05, 3.63) is 73.4 Å². The smallest absolute Gasteiger partial charge is 0.224 e. The van der Waals surface area contributed by atoms with E-state index in [2.05, 4.69) is 46.8 Å². The summed E-state index contributed by atoms with van der Waals surface area (Å²) in [5.74, 6) is 1.08. The second-order valence-electron chi connectivity index (χ2n) is 10.1. The third-order valence-corrected chi connectivity index (χ3v) is 7.46. The van der Waals surface area contributed by atoms with Gasteiger partial charge in [0, 0.05) is 47.7 Å². The number of carbonyl (C=O) groups is 1. The maximum atomic E-state index is 12.7. The zero-order chi connectivity index (χ0) is 26.9. The van der Waals surface area contributed by atoms with Crippen LogP contribution < -0.4 is 10.6 Å². The average Bonchev–Trinajstić information content (AvgIpc) is 3.62. The van der Waals surface area contributed by atoms with Crippen LogP contribution in [0.2, 0.25) is 0 Å². The fourth-order valence-electron chi connectivity index (χ4n) is 5.40. The van der Waals surface area contributed by atoms with Crippen molar-refractivity contribution in [1.29, 1.82) is 0 Å². The number of anilines is 1. The highest BCUT2D eigenvalue weighted by molar-refractivity contribution is 5.98. The van der Waals surface area contributed by atoms with Gasteiger partial charge in [-0.2, -0.15) is 5.10 Å². The van der Waals surface area contributed by atoms with E-state index in [-0.39, 0.29) is 5.91 Å².